The Morgan fingerprint density at radius 3 is 2.48 bits per heavy atom. The van der Waals surface area contributed by atoms with Gasteiger partial charge >= 0.3 is 0 Å². The number of nitrogens with zero attached hydrogens (tertiary/aromatic N) is 1. The third kappa shape index (κ3) is 4.32. The normalized spacial score (nSPS) is 16.9. The molecule has 0 bridgehead atoms. The zero-order chi connectivity index (χ0) is 19.4. The molecule has 0 amide bonds. The number of fused-ring (bicyclic) bond motifs is 3. The van der Waals surface area contributed by atoms with Gasteiger partial charge in [0, 0.05) is 35.0 Å². The van der Waals surface area contributed by atoms with E-state index >= 15 is 0 Å². The Bertz CT molecular complexity index is 861. The third-order valence-electron chi connectivity index (χ3n) is 5.85. The lowest BCUT2D eigenvalue weighted by Gasteiger charge is -2.31. The number of nitrogens with one attached hydrogen (secondary N) is 1. The summed E-state index contributed by atoms with van der Waals surface area (Å²) in [4.78, 5) is 30.5. The zero-order valence-corrected chi connectivity index (χ0v) is 16.9. The Labute approximate surface area is 162 Å². The number of carbonyl (C=O) groups excluding carboxylic acids is 1. The highest BCUT2D eigenvalue weighted by Crippen LogP contribution is 2.33. The quantitative estimate of drug-likeness (QED) is 0.747. The number of aromatic nitrogens is 1. The molecule has 1 unspecified atom stereocenters. The second kappa shape index (κ2) is 8.83. The van der Waals surface area contributed by atoms with Gasteiger partial charge in [-0.1, -0.05) is 26.7 Å². The van der Waals surface area contributed by atoms with E-state index in [0.29, 0.717) is 0 Å². The van der Waals surface area contributed by atoms with Gasteiger partial charge in [0.1, 0.15) is 0 Å². The monoisotopic (exact) mass is 368 g/mol. The second-order valence-corrected chi connectivity index (χ2v) is 7.94. The minimum absolute atomic E-state index is 0.0585. The van der Waals surface area contributed by atoms with Crippen LogP contribution >= 0.6 is 0 Å². The summed E-state index contributed by atoms with van der Waals surface area (Å²) >= 11 is 0. The minimum Gasteiger partial charge on any atom is -0.322 e. The van der Waals surface area contributed by atoms with Gasteiger partial charge in [0.2, 0.25) is 5.56 Å². The van der Waals surface area contributed by atoms with Crippen molar-refractivity contribution >= 4 is 16.7 Å². The minimum atomic E-state index is -0.119. The van der Waals surface area contributed by atoms with Crippen molar-refractivity contribution in [3.63, 3.8) is 0 Å². The SMILES string of the molecule is CCCCN(CCCC)CC1CCc2c(C)cc3[nH]c(=O)ccc3c2C1=O. The summed E-state index contributed by atoms with van der Waals surface area (Å²) < 4.78 is 0. The largest absolute Gasteiger partial charge is 0.322 e. The highest BCUT2D eigenvalue weighted by molar-refractivity contribution is 6.11. The number of rotatable bonds is 8. The molecule has 2 aromatic rings. The van der Waals surface area contributed by atoms with E-state index in [1.165, 1.54) is 37.3 Å². The number of aryl methyl sites for hydroxylation is 1. The highest BCUT2D eigenvalue weighted by Gasteiger charge is 2.31. The van der Waals surface area contributed by atoms with Gasteiger partial charge in [-0.05, 0) is 69.0 Å². The van der Waals surface area contributed by atoms with Crippen LogP contribution in [0, 0.1) is 12.8 Å². The highest BCUT2D eigenvalue weighted by atomic mass is 16.1. The van der Waals surface area contributed by atoms with Crippen LogP contribution in [0.2, 0.25) is 0 Å². The first kappa shape index (κ1) is 19.8. The van der Waals surface area contributed by atoms with Crippen LogP contribution in [-0.2, 0) is 6.42 Å². The Morgan fingerprint density at radius 2 is 1.81 bits per heavy atom. The molecule has 1 N–H and O–H groups in total. The Hall–Kier alpha value is -1.94. The smallest absolute Gasteiger partial charge is 0.248 e. The predicted molar refractivity (Wildman–Crippen MR) is 112 cm³/mol. The number of benzene rings is 1. The molecule has 0 saturated carbocycles. The van der Waals surface area contributed by atoms with E-state index in [4.69, 9.17) is 0 Å². The molecule has 1 aliphatic rings. The molecular formula is C23H32N2O2. The van der Waals surface area contributed by atoms with Crippen LogP contribution < -0.4 is 5.56 Å². The lowest BCUT2D eigenvalue weighted by atomic mass is 9.79. The van der Waals surface area contributed by atoms with Crippen LogP contribution in [0.3, 0.4) is 0 Å². The summed E-state index contributed by atoms with van der Waals surface area (Å²) in [7, 11) is 0. The topological polar surface area (TPSA) is 53.2 Å². The molecule has 1 aliphatic carbocycles. The molecule has 4 heteroatoms. The summed E-state index contributed by atoms with van der Waals surface area (Å²) in [5.41, 5.74) is 3.79. The van der Waals surface area contributed by atoms with E-state index in [1.807, 2.05) is 19.1 Å². The van der Waals surface area contributed by atoms with Crippen molar-refractivity contribution in [2.45, 2.75) is 59.3 Å². The summed E-state index contributed by atoms with van der Waals surface area (Å²) in [6.45, 7) is 9.50. The fourth-order valence-corrected chi connectivity index (χ4v) is 4.29. The number of Topliss-reactive ketones (excluding diaryl/α,β-unsaturated/α-hetero) is 1. The first-order valence-corrected chi connectivity index (χ1v) is 10.5. The van der Waals surface area contributed by atoms with E-state index in [-0.39, 0.29) is 17.3 Å². The summed E-state index contributed by atoms with van der Waals surface area (Å²) in [5, 5.41) is 0.901. The first-order chi connectivity index (χ1) is 13.0. The fraction of sp³-hybridized carbons (Fsp3) is 0.565. The average Bonchev–Trinajstić information content (AvgIpc) is 2.65. The first-order valence-electron chi connectivity index (χ1n) is 10.5. The molecule has 146 valence electrons. The van der Waals surface area contributed by atoms with E-state index in [2.05, 4.69) is 23.7 Å². The lowest BCUT2D eigenvalue weighted by molar-refractivity contribution is 0.0857. The van der Waals surface area contributed by atoms with Crippen molar-refractivity contribution in [3.05, 3.63) is 45.2 Å². The van der Waals surface area contributed by atoms with E-state index < -0.39 is 0 Å². The molecule has 1 aromatic carbocycles. The van der Waals surface area contributed by atoms with Crippen molar-refractivity contribution in [1.29, 1.82) is 0 Å². The van der Waals surface area contributed by atoms with Crippen molar-refractivity contribution in [2.24, 2.45) is 5.92 Å². The molecule has 1 aromatic heterocycles. The fourth-order valence-electron chi connectivity index (χ4n) is 4.29. The van der Waals surface area contributed by atoms with Crippen LogP contribution in [0.1, 0.15) is 67.4 Å². The number of pyridine rings is 1. The molecule has 1 atom stereocenters. The van der Waals surface area contributed by atoms with E-state index in [0.717, 1.165) is 54.5 Å². The van der Waals surface area contributed by atoms with Gasteiger partial charge in [0.05, 0.1) is 0 Å². The number of ketones is 1. The number of H-pyrrole nitrogens is 1. The van der Waals surface area contributed by atoms with Crippen LogP contribution in [0.25, 0.3) is 10.9 Å². The van der Waals surface area contributed by atoms with Crippen LogP contribution in [0.4, 0.5) is 0 Å². The van der Waals surface area contributed by atoms with Gasteiger partial charge in [-0.25, -0.2) is 0 Å². The van der Waals surface area contributed by atoms with Gasteiger partial charge < -0.3 is 9.88 Å². The maximum Gasteiger partial charge on any atom is 0.248 e. The van der Waals surface area contributed by atoms with Gasteiger partial charge in [-0.2, -0.15) is 0 Å². The number of hydrogen-bond donors (Lipinski definition) is 1. The molecule has 27 heavy (non-hydrogen) atoms. The molecule has 0 aliphatic heterocycles. The summed E-state index contributed by atoms with van der Waals surface area (Å²) in [6, 6.07) is 5.36. The Morgan fingerprint density at radius 1 is 1.11 bits per heavy atom. The van der Waals surface area contributed by atoms with Gasteiger partial charge in [0.25, 0.3) is 0 Å². The van der Waals surface area contributed by atoms with Crippen LogP contribution in [0.5, 0.6) is 0 Å². The molecule has 3 rings (SSSR count). The number of carbonyl (C=O) groups is 1. The van der Waals surface area contributed by atoms with E-state index in [9.17, 15) is 9.59 Å². The van der Waals surface area contributed by atoms with E-state index in [1.54, 1.807) is 0 Å². The van der Waals surface area contributed by atoms with Gasteiger partial charge in [-0.3, -0.25) is 9.59 Å². The Balaban J connectivity index is 1.90. The lowest BCUT2D eigenvalue weighted by Crippen LogP contribution is -2.37. The maximum absolute atomic E-state index is 13.4. The number of unbranched alkanes of at least 4 members (excludes halogenated alkanes) is 2. The predicted octanol–water partition coefficient (Wildman–Crippen LogP) is 4.48. The van der Waals surface area contributed by atoms with Crippen molar-refractivity contribution < 1.29 is 4.79 Å². The number of aromatic amines is 1. The van der Waals surface area contributed by atoms with Crippen molar-refractivity contribution in [1.82, 2.24) is 9.88 Å². The molecule has 0 saturated heterocycles. The summed E-state index contributed by atoms with van der Waals surface area (Å²) in [5.74, 6) is 0.318. The van der Waals surface area contributed by atoms with Crippen LogP contribution in [0.15, 0.2) is 23.0 Å². The Kier molecular flexibility index (Phi) is 6.48. The average molecular weight is 369 g/mol. The van der Waals surface area contributed by atoms with Crippen LogP contribution in [-0.4, -0.2) is 35.3 Å². The third-order valence-corrected chi connectivity index (χ3v) is 5.85. The molecule has 0 fully saturated rings. The summed E-state index contributed by atoms with van der Waals surface area (Å²) in [6.07, 6.45) is 6.61. The molecule has 0 radical (unpaired) electrons. The standard InChI is InChI=1S/C23H32N2O2/c1-4-6-12-25(13-7-5-2)15-17-8-9-18-16(3)14-20-19(22(18)23(17)27)10-11-21(26)24-20/h10-11,14,17H,4-9,12-13,15H2,1-3H3,(H,24,26). The van der Waals surface area contributed by atoms with Gasteiger partial charge in [-0.15, -0.1) is 0 Å². The van der Waals surface area contributed by atoms with Crippen molar-refractivity contribution in [2.75, 3.05) is 19.6 Å². The molecule has 0 spiro atoms. The number of hydrogen-bond acceptors (Lipinski definition) is 3. The molecular weight excluding hydrogens is 336 g/mol. The molecule has 1 heterocycles. The molecule has 4 nitrogen and oxygen atoms in total. The van der Waals surface area contributed by atoms with Crippen molar-refractivity contribution in [3.8, 4) is 0 Å². The zero-order valence-electron chi connectivity index (χ0n) is 16.9. The van der Waals surface area contributed by atoms with Gasteiger partial charge in [0.15, 0.2) is 5.78 Å². The maximum atomic E-state index is 13.4. The second-order valence-electron chi connectivity index (χ2n) is 7.94.